The third-order valence-electron chi connectivity index (χ3n) is 6.20. The maximum atomic E-state index is 12.9. The van der Waals surface area contributed by atoms with Crippen LogP contribution in [0.4, 0.5) is 11.4 Å². The summed E-state index contributed by atoms with van der Waals surface area (Å²) in [7, 11) is -3.28. The second kappa shape index (κ2) is 11.3. The van der Waals surface area contributed by atoms with Crippen LogP contribution in [0.15, 0.2) is 77.8 Å². The Bertz CT molecular complexity index is 1110. The normalized spacial score (nSPS) is 14.7. The molecule has 3 aromatic rings. The molecule has 33 heavy (non-hydrogen) atoms. The summed E-state index contributed by atoms with van der Waals surface area (Å²) in [6, 6.07) is 20.4. The van der Waals surface area contributed by atoms with E-state index in [0.717, 1.165) is 35.7 Å². The number of benzene rings is 2. The van der Waals surface area contributed by atoms with Gasteiger partial charge in [-0.2, -0.15) is 0 Å². The van der Waals surface area contributed by atoms with E-state index in [1.807, 2.05) is 48.5 Å². The first-order valence-corrected chi connectivity index (χ1v) is 13.5. The number of hydrogen-bond acceptors (Lipinski definition) is 5. The summed E-state index contributed by atoms with van der Waals surface area (Å²) in [5, 5.41) is 3.29. The minimum absolute atomic E-state index is 0.218. The average molecular weight is 465 g/mol. The number of hydrogen-bond donors (Lipinski definition) is 1. The highest BCUT2D eigenvalue weighted by molar-refractivity contribution is 7.91. The molecule has 1 heterocycles. The fourth-order valence-corrected chi connectivity index (χ4v) is 5.74. The lowest BCUT2D eigenvalue weighted by molar-refractivity contribution is 0.301. The first-order chi connectivity index (χ1) is 16.1. The molecule has 5 nitrogen and oxygen atoms in total. The molecule has 0 saturated heterocycles. The van der Waals surface area contributed by atoms with E-state index >= 15 is 0 Å². The fourth-order valence-electron chi connectivity index (χ4n) is 4.36. The van der Waals surface area contributed by atoms with Gasteiger partial charge in [-0.3, -0.25) is 4.98 Å². The lowest BCUT2D eigenvalue weighted by Crippen LogP contribution is -2.11. The van der Waals surface area contributed by atoms with Gasteiger partial charge in [0, 0.05) is 17.6 Å². The van der Waals surface area contributed by atoms with Gasteiger partial charge in [-0.1, -0.05) is 44.2 Å². The van der Waals surface area contributed by atoms with Crippen molar-refractivity contribution in [2.45, 2.75) is 56.4 Å². The third kappa shape index (κ3) is 7.06. The van der Waals surface area contributed by atoms with Crippen LogP contribution in [0.2, 0.25) is 0 Å². The van der Waals surface area contributed by atoms with Gasteiger partial charge in [-0.25, -0.2) is 8.42 Å². The zero-order valence-corrected chi connectivity index (χ0v) is 19.8. The number of aromatic nitrogens is 1. The van der Waals surface area contributed by atoms with Gasteiger partial charge >= 0.3 is 0 Å². The highest BCUT2D eigenvalue weighted by atomic mass is 32.2. The number of rotatable bonds is 10. The van der Waals surface area contributed by atoms with E-state index < -0.39 is 9.84 Å². The van der Waals surface area contributed by atoms with Crippen molar-refractivity contribution in [3.05, 3.63) is 78.6 Å². The van der Waals surface area contributed by atoms with Gasteiger partial charge in [0.2, 0.25) is 0 Å². The van der Waals surface area contributed by atoms with Crippen LogP contribution < -0.4 is 10.1 Å². The molecule has 1 N–H and O–H groups in total. The molecule has 1 saturated carbocycles. The second-order valence-corrected chi connectivity index (χ2v) is 10.9. The Hall–Kier alpha value is -2.86. The summed E-state index contributed by atoms with van der Waals surface area (Å²) in [5.74, 6) is 1.67. The quantitative estimate of drug-likeness (QED) is 0.369. The van der Waals surface area contributed by atoms with Crippen LogP contribution >= 0.6 is 0 Å². The molecule has 174 valence electrons. The summed E-state index contributed by atoms with van der Waals surface area (Å²) in [5.41, 5.74) is 2.49. The highest BCUT2D eigenvalue weighted by Gasteiger charge is 2.18. The van der Waals surface area contributed by atoms with E-state index in [-0.39, 0.29) is 5.75 Å². The van der Waals surface area contributed by atoms with Gasteiger partial charge in [0.25, 0.3) is 0 Å². The van der Waals surface area contributed by atoms with E-state index in [2.05, 4.69) is 10.3 Å². The number of sulfone groups is 1. The van der Waals surface area contributed by atoms with Crippen molar-refractivity contribution >= 4 is 21.2 Å². The molecule has 2 aromatic carbocycles. The van der Waals surface area contributed by atoms with Crippen molar-refractivity contribution in [2.75, 3.05) is 11.1 Å². The minimum atomic E-state index is -3.28. The molecule has 0 bridgehead atoms. The van der Waals surface area contributed by atoms with Crippen LogP contribution in [-0.2, 0) is 16.4 Å². The molecule has 0 atom stereocenters. The van der Waals surface area contributed by atoms with Gasteiger partial charge < -0.3 is 10.1 Å². The van der Waals surface area contributed by atoms with Crippen molar-refractivity contribution in [1.29, 1.82) is 0 Å². The molecule has 4 rings (SSSR count). The summed E-state index contributed by atoms with van der Waals surface area (Å²) in [6.45, 7) is 0.411. The molecule has 0 amide bonds. The van der Waals surface area contributed by atoms with Crippen LogP contribution in [0, 0.1) is 5.92 Å². The molecule has 0 radical (unpaired) electrons. The molecule has 6 heteroatoms. The van der Waals surface area contributed by atoms with Crippen LogP contribution in [0.25, 0.3) is 0 Å². The minimum Gasteiger partial charge on any atom is -0.487 e. The van der Waals surface area contributed by atoms with Gasteiger partial charge in [-0.05, 0) is 73.4 Å². The number of pyridine rings is 1. The van der Waals surface area contributed by atoms with Crippen molar-refractivity contribution in [3.8, 4) is 5.75 Å². The molecule has 0 unspecified atom stereocenters. The Morgan fingerprint density at radius 1 is 0.909 bits per heavy atom. The molecule has 0 spiro atoms. The first-order valence-electron chi connectivity index (χ1n) is 11.8. The maximum absolute atomic E-state index is 12.9. The number of nitrogens with zero attached hydrogens (tertiary/aromatic N) is 1. The standard InChI is InChI=1S/C27H32N2O3S/c30-33(31,19-7-10-22-8-2-1-3-9-22)27-13-6-12-24(20-27)29-23-14-16-26(17-15-23)32-21-25-11-4-5-18-28-25/h4-6,11-18,20,22,29H,1-3,7-10,19,21H2. The zero-order chi connectivity index (χ0) is 22.9. The summed E-state index contributed by atoms with van der Waals surface area (Å²) >= 11 is 0. The highest BCUT2D eigenvalue weighted by Crippen LogP contribution is 2.28. The van der Waals surface area contributed by atoms with Crippen LogP contribution in [0.1, 0.15) is 50.6 Å². The molecular formula is C27H32N2O3S. The van der Waals surface area contributed by atoms with Gasteiger partial charge in [0.05, 0.1) is 16.3 Å². The van der Waals surface area contributed by atoms with Crippen molar-refractivity contribution in [1.82, 2.24) is 4.98 Å². The Morgan fingerprint density at radius 2 is 1.73 bits per heavy atom. The largest absolute Gasteiger partial charge is 0.487 e. The van der Waals surface area contributed by atoms with Crippen LogP contribution in [-0.4, -0.2) is 19.2 Å². The Labute approximate surface area is 197 Å². The SMILES string of the molecule is O=S(=O)(CCCC1CCCCC1)c1cccc(Nc2ccc(OCc3ccccn3)cc2)c1. The Morgan fingerprint density at radius 3 is 2.48 bits per heavy atom. The number of anilines is 2. The second-order valence-electron chi connectivity index (χ2n) is 8.75. The molecule has 1 aromatic heterocycles. The van der Waals surface area contributed by atoms with Gasteiger partial charge in [0.1, 0.15) is 12.4 Å². The smallest absolute Gasteiger partial charge is 0.178 e. The molecule has 1 aliphatic rings. The fraction of sp³-hybridized carbons (Fsp3) is 0.370. The van der Waals surface area contributed by atoms with Crippen LogP contribution in [0.3, 0.4) is 0 Å². The molecule has 1 fully saturated rings. The topological polar surface area (TPSA) is 68.3 Å². The van der Waals surface area contributed by atoms with Crippen molar-refractivity contribution < 1.29 is 13.2 Å². The zero-order valence-electron chi connectivity index (χ0n) is 18.9. The van der Waals surface area contributed by atoms with E-state index in [1.54, 1.807) is 24.4 Å². The van der Waals surface area contributed by atoms with E-state index in [1.165, 1.54) is 32.1 Å². The van der Waals surface area contributed by atoms with E-state index in [0.29, 0.717) is 17.4 Å². The summed E-state index contributed by atoms with van der Waals surface area (Å²) in [6.07, 6.45) is 9.94. The molecule has 0 aliphatic heterocycles. The summed E-state index contributed by atoms with van der Waals surface area (Å²) < 4.78 is 31.5. The van der Waals surface area contributed by atoms with E-state index in [9.17, 15) is 8.42 Å². The Kier molecular flexibility index (Phi) is 8.00. The Balaban J connectivity index is 1.31. The van der Waals surface area contributed by atoms with Crippen LogP contribution in [0.5, 0.6) is 5.75 Å². The predicted molar refractivity (Wildman–Crippen MR) is 133 cm³/mol. The first kappa shape index (κ1) is 23.3. The average Bonchev–Trinajstić information content (AvgIpc) is 2.85. The molecular weight excluding hydrogens is 432 g/mol. The lowest BCUT2D eigenvalue weighted by Gasteiger charge is -2.21. The lowest BCUT2D eigenvalue weighted by atomic mass is 9.86. The van der Waals surface area contributed by atoms with Gasteiger partial charge in [-0.15, -0.1) is 0 Å². The van der Waals surface area contributed by atoms with E-state index in [4.69, 9.17) is 4.74 Å². The predicted octanol–water partition coefficient (Wildman–Crippen LogP) is 6.54. The number of nitrogens with one attached hydrogen (secondary N) is 1. The maximum Gasteiger partial charge on any atom is 0.178 e. The monoisotopic (exact) mass is 464 g/mol. The number of ether oxygens (including phenoxy) is 1. The van der Waals surface area contributed by atoms with Crippen molar-refractivity contribution in [3.63, 3.8) is 0 Å². The molecule has 1 aliphatic carbocycles. The van der Waals surface area contributed by atoms with Crippen molar-refractivity contribution in [2.24, 2.45) is 5.92 Å². The third-order valence-corrected chi connectivity index (χ3v) is 8.00. The van der Waals surface area contributed by atoms with Gasteiger partial charge in [0.15, 0.2) is 9.84 Å². The summed E-state index contributed by atoms with van der Waals surface area (Å²) in [4.78, 5) is 4.63.